The van der Waals surface area contributed by atoms with Gasteiger partial charge in [-0.25, -0.2) is 65.8 Å². The first-order valence-electron chi connectivity index (χ1n) is 38.8. The molecule has 9 fully saturated rings. The number of rotatable bonds is 6. The summed E-state index contributed by atoms with van der Waals surface area (Å²) in [6.07, 6.45) is -20.5. The fourth-order valence-corrected chi connectivity index (χ4v) is 29.2. The molecule has 9 aliphatic rings. The van der Waals surface area contributed by atoms with Crippen LogP contribution in [0.15, 0.2) is 76.5 Å². The van der Waals surface area contributed by atoms with Crippen molar-refractivity contribution in [2.24, 2.45) is 0 Å². The topological polar surface area (TPSA) is 721 Å². The molecule has 135 heavy (non-hydrogen) atoms. The van der Waals surface area contributed by atoms with E-state index in [0.717, 1.165) is 44.6 Å². The van der Waals surface area contributed by atoms with Crippen molar-refractivity contribution in [2.45, 2.75) is 143 Å². The second-order valence-corrected chi connectivity index (χ2v) is 51.2. The summed E-state index contributed by atoms with van der Waals surface area (Å²) in [7, 11) is 0. The molecule has 12 aromatic heterocycles. The maximum atomic E-state index is 16.0. The van der Waals surface area contributed by atoms with E-state index >= 15 is 26.3 Å². The van der Waals surface area contributed by atoms with Crippen LogP contribution < -0.4 is 51.1 Å². The van der Waals surface area contributed by atoms with Crippen molar-refractivity contribution < 1.29 is 124 Å². The molecule has 0 aromatic carbocycles. The number of aromatic nitrogens is 23. The lowest BCUT2D eigenvalue weighted by Crippen LogP contribution is -2.34. The van der Waals surface area contributed by atoms with E-state index in [0.29, 0.717) is 11.2 Å². The zero-order chi connectivity index (χ0) is 95.5. The van der Waals surface area contributed by atoms with Crippen LogP contribution in [0.2, 0.25) is 0 Å². The molecule has 53 nitrogen and oxygen atoms in total. The predicted molar refractivity (Wildman–Crippen MR) is 486 cm³/mol. The first kappa shape index (κ1) is 97.1. The average molecular weight is 2180 g/mol. The third kappa shape index (κ3) is 19.1. The number of fused-ring (bicyclic) bond motifs is 15. The third-order valence-electron chi connectivity index (χ3n) is 21.7. The number of anilines is 6. The Morgan fingerprint density at radius 2 is 0.674 bits per heavy atom. The fraction of sp³-hybridized carbons (Fsp3) is 0.492. The van der Waals surface area contributed by atoms with Crippen LogP contribution in [0, 0.1) is 0 Å². The van der Waals surface area contributed by atoms with Crippen molar-refractivity contribution in [3.63, 3.8) is 0 Å². The maximum Gasteiger partial charge on any atom is 0.386 e. The highest BCUT2D eigenvalue weighted by atomic mass is 32.7. The summed E-state index contributed by atoms with van der Waals surface area (Å²) >= 11 is 32.8. The van der Waals surface area contributed by atoms with Gasteiger partial charge in [0.05, 0.1) is 97.8 Å². The van der Waals surface area contributed by atoms with Crippen molar-refractivity contribution in [2.75, 3.05) is 74.0 Å². The van der Waals surface area contributed by atoms with E-state index in [-0.39, 0.29) is 90.7 Å². The summed E-state index contributed by atoms with van der Waals surface area (Å²) in [6, 6.07) is 4.50. The molecule has 726 valence electrons. The number of aromatic amines is 3. The van der Waals surface area contributed by atoms with Gasteiger partial charge in [-0.05, 0) is 77.2 Å². The van der Waals surface area contributed by atoms with Crippen molar-refractivity contribution in [1.29, 1.82) is 0 Å². The molecule has 0 aliphatic carbocycles. The van der Waals surface area contributed by atoms with E-state index in [4.69, 9.17) is 162 Å². The SMILES string of the molecule is Nc1nc2c(ncn2[C@@H]2S[C@@H]3COP(=O)(S)O[C@H]4[C@H](F)[C@H](n5cnc6c(N)ccnc65)O[C@@H]4COP(O)(=S)O[C@@H]2[C@@H]3F)c(=O)[nH]1.Nc1nc2c(ncn2[C@@H]2S[C@@H]3COP(O)(=S)O[C@H]4[C@H](F)[C@H](n5nnc6c(N)ccnc65)O[C@@H]4COP(O)(=S)O[C@@H]2[C@@H]3F)c(=O)[nH]1.Nc1nc2c(ncn2[C@@H]2S[C@@H]3COP(O)(=S)O[C@H]4[C@H](F)[C@H](n5nnc6c(N)ccnc65)O[C@@H]4COP(O)(=S)O[C@@H]2[C@@H]3F)c(=O)[nH]1. The Hall–Kier alpha value is -6.77. The highest BCUT2D eigenvalue weighted by Gasteiger charge is 2.59. The van der Waals surface area contributed by atoms with E-state index in [1.807, 2.05) is 0 Å². The van der Waals surface area contributed by atoms with Crippen LogP contribution in [0.25, 0.3) is 67.0 Å². The lowest BCUT2D eigenvalue weighted by molar-refractivity contribution is -0.0494. The van der Waals surface area contributed by atoms with Gasteiger partial charge in [0.15, 0.2) is 98.7 Å². The zero-order valence-electron chi connectivity index (χ0n) is 66.9. The van der Waals surface area contributed by atoms with E-state index < -0.39 is 239 Å². The first-order chi connectivity index (χ1) is 63.9. The lowest BCUT2D eigenvalue weighted by Gasteiger charge is -2.27. The van der Waals surface area contributed by atoms with E-state index in [2.05, 4.69) is 97.7 Å². The largest absolute Gasteiger partial charge is 0.397 e. The second kappa shape index (κ2) is 37.3. The van der Waals surface area contributed by atoms with E-state index in [1.165, 1.54) is 80.4 Å². The maximum absolute atomic E-state index is 16.0. The molecular formula is C61H67F6N29O24P6S9. The average Bonchev–Trinajstić information content (AvgIpc) is 1.63. The van der Waals surface area contributed by atoms with E-state index in [9.17, 15) is 43.4 Å². The summed E-state index contributed by atoms with van der Waals surface area (Å²) in [6.45, 7) is -29.3. The number of thioether (sulfide) groups is 3. The monoisotopic (exact) mass is 2180 g/mol. The molecular weight excluding hydrogens is 2110 g/mol. The number of thiol groups is 1. The summed E-state index contributed by atoms with van der Waals surface area (Å²) in [4.78, 5) is 140. The third-order valence-corrected chi connectivity index (χ3v) is 35.7. The molecule has 0 spiro atoms. The number of nitrogens with two attached hydrogens (primary N) is 6. The Morgan fingerprint density at radius 3 is 1.04 bits per heavy atom. The molecule has 6 bridgehead atoms. The number of alkyl halides is 6. The highest BCUT2D eigenvalue weighted by Crippen LogP contribution is 2.64. The van der Waals surface area contributed by atoms with Gasteiger partial charge >= 0.3 is 40.4 Å². The molecule has 9 saturated heterocycles. The van der Waals surface area contributed by atoms with Gasteiger partial charge < -0.3 is 95.7 Å². The Bertz CT molecular complexity index is 6510. The summed E-state index contributed by atoms with van der Waals surface area (Å²) in [5.41, 5.74) is 34.7. The minimum Gasteiger partial charge on any atom is -0.397 e. The van der Waals surface area contributed by atoms with Crippen LogP contribution in [0.5, 0.6) is 0 Å². The fourth-order valence-electron chi connectivity index (χ4n) is 15.7. The Kier molecular flexibility index (Phi) is 26.8. The predicted octanol–water partition coefficient (Wildman–Crippen LogP) is 3.11. The van der Waals surface area contributed by atoms with Crippen molar-refractivity contribution in [1.82, 2.24) is 113 Å². The van der Waals surface area contributed by atoms with Crippen LogP contribution in [0.1, 0.15) is 34.8 Å². The molecule has 21 heterocycles. The number of nitrogens with one attached hydrogen (secondary N) is 3. The number of ether oxygens (including phenoxy) is 3. The Balaban J connectivity index is 0.000000130. The van der Waals surface area contributed by atoms with Gasteiger partial charge in [0.25, 0.3) is 16.7 Å². The van der Waals surface area contributed by atoms with Gasteiger partial charge in [-0.1, -0.05) is 22.7 Å². The minimum atomic E-state index is -4.38. The van der Waals surface area contributed by atoms with Crippen molar-refractivity contribution in [3.8, 4) is 0 Å². The number of nitrogens with zero attached hydrogens (tertiary/aromatic N) is 20. The van der Waals surface area contributed by atoms with Crippen molar-refractivity contribution in [3.05, 3.63) is 93.2 Å². The molecule has 74 heteroatoms. The van der Waals surface area contributed by atoms with Gasteiger partial charge in [-0.2, -0.15) is 24.3 Å². The molecule has 21 rings (SSSR count). The molecule has 0 amide bonds. The molecule has 0 radical (unpaired) electrons. The zero-order valence-corrected chi connectivity index (χ0v) is 79.7. The molecule has 20 N–H and O–H groups in total. The normalized spacial score (nSPS) is 37.7. The van der Waals surface area contributed by atoms with Crippen LogP contribution >= 0.6 is 87.9 Å². The molecule has 9 aliphatic heterocycles. The van der Waals surface area contributed by atoms with Crippen molar-refractivity contribution >= 4 is 249 Å². The van der Waals surface area contributed by atoms with E-state index in [1.54, 1.807) is 0 Å². The molecule has 0 saturated carbocycles. The number of halogens is 6. The smallest absolute Gasteiger partial charge is 0.386 e. The number of hydrogen-bond donors (Lipinski definition) is 15. The number of hydrogen-bond acceptors (Lipinski definition) is 47. The van der Waals surface area contributed by atoms with Crippen LogP contribution in [0.4, 0.5) is 61.2 Å². The van der Waals surface area contributed by atoms with Crippen LogP contribution in [0.3, 0.4) is 0 Å². The van der Waals surface area contributed by atoms with Gasteiger partial charge in [0, 0.05) is 18.6 Å². The number of imidazole rings is 4. The van der Waals surface area contributed by atoms with Crippen LogP contribution in [-0.2, 0) is 132 Å². The summed E-state index contributed by atoms with van der Waals surface area (Å²) < 4.78 is 201. The summed E-state index contributed by atoms with van der Waals surface area (Å²) in [5.74, 6) is -0.636. The molecule has 30 atom stereocenters. The van der Waals surface area contributed by atoms with Gasteiger partial charge in [0.2, 0.25) is 17.8 Å². The quantitative estimate of drug-likeness (QED) is 0.0646. The van der Waals surface area contributed by atoms with Gasteiger partial charge in [-0.15, -0.1) is 45.5 Å². The van der Waals surface area contributed by atoms with Crippen LogP contribution in [-0.4, -0.2) is 285 Å². The number of H-pyrrole nitrogens is 3. The number of nitrogen functional groups attached to an aromatic ring is 6. The first-order valence-corrected chi connectivity index (χ1v) is 57.3. The standard InChI is InChI=1S/C21H23F2N9O8P2S3.2C20H22F2N10O8P2S3/c22-10-9-4-37-42(35,44)39-14-8(38-19(11(14)23)31-5-27-12-7(24)1-2-26-16(12)31)3-36-41(34,43)40-15(10)20(45-9)32-6-28-13-17(32)29-21(25)30-18(13)33;2*21-9-8-4-37-42(35,44)39-13-7(38-18(10(13)22)32-15-11(29-30-32)6(23)1-2-25-15)3-36-41(34,43)40-14(9)19(45-8)31-5-26-12-16(31)27-20(24)28-17(12)33/h1-2,5-6,8-11,14-15,19-20H,3-4H2,(H2,24,26)(H,34,43)(H,35,44)(H3,25,29,30,33);2*1-2,5,7-10,13-14,18-19H,3-4H2,(H2,23,25)(H,34,43)(H,35,44)(H3,24,27,28,33)/t8-,9-,10-,11+,14-,15-,19-,20-,41?,42?;2*7-,8-,9-,10+,13-,14-,18-,19-,41?,42?/m111/s1. The lowest BCUT2D eigenvalue weighted by atomic mass is 10.1. The number of pyridine rings is 3. The minimum absolute atomic E-state index is 0.0121. The molecule has 12 aromatic rings. The van der Waals surface area contributed by atoms with Gasteiger partial charge in [0.1, 0.15) is 95.1 Å². The summed E-state index contributed by atoms with van der Waals surface area (Å²) in [5, 5.41) is 9.33. The second-order valence-electron chi connectivity index (χ2n) is 30.3. The Labute approximate surface area is 790 Å². The highest BCUT2D eigenvalue weighted by molar-refractivity contribution is 8.44. The Morgan fingerprint density at radius 1 is 0.378 bits per heavy atom. The molecule has 6 unspecified atom stereocenters. The van der Waals surface area contributed by atoms with Gasteiger partial charge in [-0.3, -0.25) is 79.3 Å².